The largest absolute Gasteiger partial charge is 0.507 e. The summed E-state index contributed by atoms with van der Waals surface area (Å²) in [5.41, 5.74) is 2.12. The van der Waals surface area contributed by atoms with Gasteiger partial charge in [-0.1, -0.05) is 57.2 Å². The maximum atomic E-state index is 14.9. The smallest absolute Gasteiger partial charge is 0.295 e. The van der Waals surface area contributed by atoms with Gasteiger partial charge in [0.1, 0.15) is 11.6 Å². The minimum absolute atomic E-state index is 0.0872. The number of aryl methyl sites for hydroxylation is 1. The number of rotatable bonds is 4. The van der Waals surface area contributed by atoms with Crippen molar-refractivity contribution in [1.82, 2.24) is 4.90 Å². The first-order valence-corrected chi connectivity index (χ1v) is 11.6. The van der Waals surface area contributed by atoms with Gasteiger partial charge in [-0.3, -0.25) is 9.59 Å². The van der Waals surface area contributed by atoms with Gasteiger partial charge in [0.2, 0.25) is 0 Å². The number of hydrogen-bond acceptors (Lipinski definition) is 4. The van der Waals surface area contributed by atoms with Crippen LogP contribution in [-0.2, 0) is 21.5 Å². The molecule has 1 N–H and O–H groups in total. The van der Waals surface area contributed by atoms with Gasteiger partial charge in [-0.15, -0.1) is 11.3 Å². The van der Waals surface area contributed by atoms with E-state index in [0.29, 0.717) is 5.56 Å². The van der Waals surface area contributed by atoms with Gasteiger partial charge in [0.05, 0.1) is 18.2 Å². The van der Waals surface area contributed by atoms with Crippen molar-refractivity contribution in [3.8, 4) is 0 Å². The number of likely N-dealkylation sites (tertiary alicyclic amines) is 1. The Kier molecular flexibility index (Phi) is 5.97. The van der Waals surface area contributed by atoms with Crippen LogP contribution < -0.4 is 0 Å². The number of carbonyl (C=O) groups is 2. The van der Waals surface area contributed by atoms with Crippen molar-refractivity contribution >= 4 is 28.8 Å². The Morgan fingerprint density at radius 3 is 2.45 bits per heavy atom. The molecule has 3 aromatic rings. The highest BCUT2D eigenvalue weighted by molar-refractivity contribution is 7.09. The number of ketones is 1. The van der Waals surface area contributed by atoms with Crippen LogP contribution >= 0.6 is 11.3 Å². The second-order valence-corrected chi connectivity index (χ2v) is 10.3. The highest BCUT2D eigenvalue weighted by Crippen LogP contribution is 2.42. The van der Waals surface area contributed by atoms with Gasteiger partial charge < -0.3 is 10.0 Å². The highest BCUT2D eigenvalue weighted by Gasteiger charge is 2.47. The van der Waals surface area contributed by atoms with Crippen molar-refractivity contribution < 1.29 is 19.1 Å². The van der Waals surface area contributed by atoms with Crippen molar-refractivity contribution in [3.05, 3.63) is 98.5 Å². The van der Waals surface area contributed by atoms with Crippen LogP contribution in [0, 0.1) is 12.7 Å². The lowest BCUT2D eigenvalue weighted by Gasteiger charge is -2.25. The van der Waals surface area contributed by atoms with E-state index in [2.05, 4.69) is 20.8 Å². The van der Waals surface area contributed by atoms with E-state index in [1.54, 1.807) is 18.2 Å². The second kappa shape index (κ2) is 8.60. The van der Waals surface area contributed by atoms with E-state index >= 15 is 0 Å². The van der Waals surface area contributed by atoms with Crippen LogP contribution in [0.2, 0.25) is 0 Å². The summed E-state index contributed by atoms with van der Waals surface area (Å²) in [5.74, 6) is -2.37. The van der Waals surface area contributed by atoms with Gasteiger partial charge in [0.15, 0.2) is 0 Å². The molecule has 2 heterocycles. The molecule has 1 atom stereocenters. The number of thiophene rings is 1. The van der Waals surface area contributed by atoms with Gasteiger partial charge in [-0.2, -0.15) is 0 Å². The molecule has 1 saturated heterocycles. The van der Waals surface area contributed by atoms with Crippen LogP contribution in [0.1, 0.15) is 53.9 Å². The molecule has 6 heteroatoms. The first kappa shape index (κ1) is 22.9. The number of amides is 1. The molecule has 1 aliphatic rings. The molecule has 1 aliphatic heterocycles. The molecule has 4 nitrogen and oxygen atoms in total. The lowest BCUT2D eigenvalue weighted by atomic mass is 9.84. The molecule has 0 bridgehead atoms. The fraction of sp³-hybridized carbons (Fsp3) is 0.259. The van der Waals surface area contributed by atoms with Crippen LogP contribution in [0.15, 0.2) is 65.6 Å². The van der Waals surface area contributed by atoms with E-state index < -0.39 is 23.5 Å². The molecule has 1 aromatic heterocycles. The minimum Gasteiger partial charge on any atom is -0.507 e. The molecular formula is C27H26FNO3S. The first-order chi connectivity index (χ1) is 15.6. The molecule has 170 valence electrons. The third-order valence-electron chi connectivity index (χ3n) is 6.00. The van der Waals surface area contributed by atoms with Gasteiger partial charge >= 0.3 is 0 Å². The summed E-state index contributed by atoms with van der Waals surface area (Å²) in [4.78, 5) is 28.5. The average Bonchev–Trinajstić information content (AvgIpc) is 3.36. The Morgan fingerprint density at radius 2 is 1.82 bits per heavy atom. The maximum Gasteiger partial charge on any atom is 0.295 e. The normalized spacial score (nSPS) is 18.2. The lowest BCUT2D eigenvalue weighted by molar-refractivity contribution is -0.140. The van der Waals surface area contributed by atoms with Crippen molar-refractivity contribution in [2.75, 3.05) is 0 Å². The number of aliphatic hydroxyl groups excluding tert-OH is 1. The van der Waals surface area contributed by atoms with E-state index in [1.807, 2.05) is 42.6 Å². The number of halogens is 1. The molecule has 33 heavy (non-hydrogen) atoms. The molecule has 1 amide bonds. The number of carbonyl (C=O) groups excluding carboxylic acids is 2. The summed E-state index contributed by atoms with van der Waals surface area (Å²) >= 11 is 1.45. The molecule has 0 aliphatic carbocycles. The quantitative estimate of drug-likeness (QED) is 0.288. The third-order valence-corrected chi connectivity index (χ3v) is 6.87. The van der Waals surface area contributed by atoms with E-state index in [4.69, 9.17) is 0 Å². The molecule has 0 saturated carbocycles. The summed E-state index contributed by atoms with van der Waals surface area (Å²) in [5, 5.41) is 13.3. The Balaban J connectivity index is 1.93. The van der Waals surface area contributed by atoms with Crippen molar-refractivity contribution in [1.29, 1.82) is 0 Å². The summed E-state index contributed by atoms with van der Waals surface area (Å²) in [6, 6.07) is 14.5. The third kappa shape index (κ3) is 4.23. The molecule has 0 spiro atoms. The average molecular weight is 464 g/mol. The SMILES string of the molecule is Cc1ccc(C(C)(C)C)cc1/C(O)=C1\C(=O)C(=O)N(Cc2cccs2)C1c1ccccc1F. The minimum atomic E-state index is -1.02. The number of benzene rings is 2. The van der Waals surface area contributed by atoms with Gasteiger partial charge in [0, 0.05) is 16.0 Å². The molecule has 2 aromatic carbocycles. The number of aliphatic hydroxyl groups is 1. The van der Waals surface area contributed by atoms with E-state index in [9.17, 15) is 19.1 Å². The standard InChI is InChI=1S/C27H26FNO3S/c1-16-11-12-17(27(2,3)4)14-20(16)24(30)22-23(19-9-5-6-10-21(19)28)29(26(32)25(22)31)15-18-8-7-13-33-18/h5-14,23,30H,15H2,1-4H3/b24-22+. The van der Waals surface area contributed by atoms with E-state index in [0.717, 1.165) is 16.0 Å². The first-order valence-electron chi connectivity index (χ1n) is 10.8. The predicted octanol–water partition coefficient (Wildman–Crippen LogP) is 6.12. The Hall–Kier alpha value is -3.25. The van der Waals surface area contributed by atoms with Crippen LogP contribution in [0.3, 0.4) is 0 Å². The fourth-order valence-corrected chi connectivity index (χ4v) is 4.83. The Morgan fingerprint density at radius 1 is 1.09 bits per heavy atom. The predicted molar refractivity (Wildman–Crippen MR) is 128 cm³/mol. The number of hydrogen-bond donors (Lipinski definition) is 1. The molecule has 1 unspecified atom stereocenters. The zero-order chi connectivity index (χ0) is 23.9. The summed E-state index contributed by atoms with van der Waals surface area (Å²) in [7, 11) is 0. The van der Waals surface area contributed by atoms with Gasteiger partial charge in [0.25, 0.3) is 11.7 Å². The van der Waals surface area contributed by atoms with Crippen LogP contribution in [0.5, 0.6) is 0 Å². The lowest BCUT2D eigenvalue weighted by Crippen LogP contribution is -2.29. The summed E-state index contributed by atoms with van der Waals surface area (Å²) in [6.45, 7) is 8.16. The topological polar surface area (TPSA) is 57.6 Å². The van der Waals surface area contributed by atoms with Crippen molar-refractivity contribution in [2.45, 2.75) is 45.7 Å². The zero-order valence-electron chi connectivity index (χ0n) is 19.1. The zero-order valence-corrected chi connectivity index (χ0v) is 19.9. The maximum absolute atomic E-state index is 14.9. The number of nitrogens with zero attached hydrogens (tertiary/aromatic N) is 1. The van der Waals surface area contributed by atoms with Gasteiger partial charge in [-0.25, -0.2) is 4.39 Å². The molecule has 0 radical (unpaired) electrons. The monoisotopic (exact) mass is 463 g/mol. The summed E-state index contributed by atoms with van der Waals surface area (Å²) < 4.78 is 14.9. The van der Waals surface area contributed by atoms with E-state index in [-0.39, 0.29) is 28.9 Å². The van der Waals surface area contributed by atoms with Gasteiger partial charge in [-0.05, 0) is 47.0 Å². The molecule has 1 fully saturated rings. The molecular weight excluding hydrogens is 437 g/mol. The fourth-order valence-electron chi connectivity index (χ4n) is 4.12. The van der Waals surface area contributed by atoms with Crippen LogP contribution in [-0.4, -0.2) is 21.7 Å². The van der Waals surface area contributed by atoms with Crippen molar-refractivity contribution in [2.24, 2.45) is 0 Å². The van der Waals surface area contributed by atoms with E-state index in [1.165, 1.54) is 22.3 Å². The molecule has 4 rings (SSSR count). The second-order valence-electron chi connectivity index (χ2n) is 9.31. The van der Waals surface area contributed by atoms with Crippen LogP contribution in [0.4, 0.5) is 4.39 Å². The highest BCUT2D eigenvalue weighted by atomic mass is 32.1. The van der Waals surface area contributed by atoms with Crippen molar-refractivity contribution in [3.63, 3.8) is 0 Å². The Bertz CT molecular complexity index is 1250. The van der Waals surface area contributed by atoms with Crippen LogP contribution in [0.25, 0.3) is 5.76 Å². The number of Topliss-reactive ketones (excluding diaryl/α,β-unsaturated/α-hetero) is 1. The Labute approximate surface area is 197 Å². The summed E-state index contributed by atoms with van der Waals surface area (Å²) in [6.07, 6.45) is 0.